The Labute approximate surface area is 710 Å². The molecule has 2 unspecified atom stereocenters. The summed E-state index contributed by atoms with van der Waals surface area (Å²) in [5.74, 6) is -2.28. The molecule has 0 aliphatic carbocycles. The van der Waals surface area contributed by atoms with Gasteiger partial charge in [-0.1, -0.05) is 123 Å². The smallest absolute Gasteiger partial charge is 0.407 e. The number of nitriles is 1. The van der Waals surface area contributed by atoms with E-state index in [2.05, 4.69) is 27.3 Å². The topological polar surface area (TPSA) is 359 Å². The van der Waals surface area contributed by atoms with E-state index in [0.717, 1.165) is 33.4 Å². The Bertz CT molecular complexity index is 4170. The van der Waals surface area contributed by atoms with Crippen LogP contribution >= 0.6 is 8.53 Å². The monoisotopic (exact) mass is 1700 g/mol. The van der Waals surface area contributed by atoms with Crippen molar-refractivity contribution >= 4 is 56.0 Å². The zero-order valence-electron chi connectivity index (χ0n) is 71.5. The molecule has 8 rings (SSSR count). The molecule has 6 aromatic carbocycles. The molecule has 0 saturated carbocycles. The first-order chi connectivity index (χ1) is 58.2. The van der Waals surface area contributed by atoms with E-state index in [0.29, 0.717) is 29.4 Å². The van der Waals surface area contributed by atoms with Gasteiger partial charge in [-0.05, 0) is 129 Å². The number of esters is 3. The SMILES string of the molecule is COc1ccc(C(OC[C@H]2O[C@@H](OCCCCC(=O)CNC(=O)OC(COC(=O)CCC(=O)NCCCO[C@@H]3O[C@H](COC(c4ccccc4)(c4ccc(OC)cc4)c4ccc(OC)cc4)[C@H](C)[C@H](OC(C)=O)[C@H]3NC(C)=O)COP(OCCC#N)N(C(C)C)C(C)C)[C@H](NC(C)=O)[C@@H](OC(C)=O)[C@H]2C)(c2ccccc2)c2ccc(OC)cc2)cc1. The number of Topliss-reactive ketones (excluding diaryl/α,β-unsaturated/α-hetero) is 1. The highest BCUT2D eigenvalue weighted by Gasteiger charge is 2.51. The number of alkyl carbamates (subject to hydrolysis) is 1. The van der Waals surface area contributed by atoms with E-state index < -0.39 is 142 Å². The summed E-state index contributed by atoms with van der Waals surface area (Å²) in [5.41, 5.74) is 2.19. The van der Waals surface area contributed by atoms with Crippen molar-refractivity contribution in [3.8, 4) is 29.1 Å². The van der Waals surface area contributed by atoms with Crippen molar-refractivity contribution in [2.75, 3.05) is 87.8 Å². The first-order valence-corrected chi connectivity index (χ1v) is 41.8. The Morgan fingerprint density at radius 2 is 0.917 bits per heavy atom. The van der Waals surface area contributed by atoms with Crippen LogP contribution in [0.2, 0.25) is 0 Å². The number of amides is 4. The third-order valence-electron chi connectivity index (χ3n) is 20.5. The summed E-state index contributed by atoms with van der Waals surface area (Å²) in [5, 5.41) is 20.4. The van der Waals surface area contributed by atoms with Crippen molar-refractivity contribution in [3.63, 3.8) is 0 Å². The number of hydrogen-bond donors (Lipinski definition) is 4. The van der Waals surface area contributed by atoms with Gasteiger partial charge < -0.3 is 96.6 Å². The molecule has 2 aliphatic heterocycles. The number of unbranched alkanes of at least 4 members (excludes halogenated alkanes) is 1. The number of ether oxygens (including phenoxy) is 14. The van der Waals surface area contributed by atoms with Crippen molar-refractivity contribution in [3.05, 3.63) is 191 Å². The minimum absolute atomic E-state index is 0.00854. The van der Waals surface area contributed by atoms with Gasteiger partial charge in [0.2, 0.25) is 17.7 Å². The lowest BCUT2D eigenvalue weighted by Crippen LogP contribution is -2.63. The second kappa shape index (κ2) is 48.5. The van der Waals surface area contributed by atoms with Crippen LogP contribution < -0.4 is 40.2 Å². The van der Waals surface area contributed by atoms with Gasteiger partial charge in [-0.25, -0.2) is 9.46 Å². The van der Waals surface area contributed by atoms with Gasteiger partial charge in [-0.2, -0.15) is 5.26 Å². The van der Waals surface area contributed by atoms with Crippen LogP contribution in [0.3, 0.4) is 0 Å². The van der Waals surface area contributed by atoms with E-state index >= 15 is 0 Å². The molecule has 656 valence electrons. The number of hydrogen-bond acceptors (Lipinski definition) is 26. The zero-order valence-corrected chi connectivity index (χ0v) is 72.4. The maximum absolute atomic E-state index is 13.6. The molecule has 12 atom stereocenters. The molecule has 2 heterocycles. The van der Waals surface area contributed by atoms with E-state index in [-0.39, 0.29) is 103 Å². The Hall–Kier alpha value is -10.2. The van der Waals surface area contributed by atoms with Crippen molar-refractivity contribution in [2.24, 2.45) is 11.8 Å². The standard InChI is InChI=1S/C90H117N6O24P/c1-58(2)96(59(3)4)121(114-52-23-48-91)115-55-77(118-88(104)93-53-72(101)29-21-22-50-109-86-82(94-62(7)97)84(116-64(9)99)60(5)78(119-86)56-112-89(66-25-17-15-18-26-66,68-30-38-73(105-11)39-31-68)69-32-40-74(106-12)41-33-69)54-111-81(103)47-46-80(102)92-49-24-51-110-87-83(95-63(8)98)85(117-65(10)100)61(6)79(120-87)57-113-90(67-27-19-16-20-28-67,70-34-42-75(107-13)43-35-70)71-36-44-76(108-14)45-37-71/h15-20,25-28,30-45,58-61,77-79,82-87H,21-24,29,46-47,49-57H2,1-14H3,(H,92,102)(H,93,104)(H,94,97)(H,95,98)/t60-,61-,77?,78+,79+,82+,83+,84-,85-,86+,87+,121?/m0/s1. The summed E-state index contributed by atoms with van der Waals surface area (Å²) < 4.78 is 100. The van der Waals surface area contributed by atoms with Crippen molar-refractivity contribution in [1.29, 1.82) is 5.26 Å². The molecular weight excluding hydrogens is 1580 g/mol. The van der Waals surface area contributed by atoms with Gasteiger partial charge in [0.15, 0.2) is 24.5 Å². The molecule has 2 aliphatic rings. The van der Waals surface area contributed by atoms with Crippen LogP contribution in [0.5, 0.6) is 23.0 Å². The summed E-state index contributed by atoms with van der Waals surface area (Å²) in [6.07, 6.45) is -7.88. The predicted molar refractivity (Wildman–Crippen MR) is 447 cm³/mol. The van der Waals surface area contributed by atoms with E-state index in [9.17, 15) is 43.6 Å². The number of methoxy groups -OCH3 is 4. The predicted octanol–water partition coefficient (Wildman–Crippen LogP) is 11.6. The molecule has 0 spiro atoms. The molecule has 30 nitrogen and oxygen atoms in total. The van der Waals surface area contributed by atoms with Crippen LogP contribution in [0.4, 0.5) is 4.79 Å². The fraction of sp³-hybridized carbons (Fsp3) is 0.500. The molecule has 31 heteroatoms. The summed E-state index contributed by atoms with van der Waals surface area (Å²) in [6, 6.07) is 49.5. The molecule has 2 saturated heterocycles. The third kappa shape index (κ3) is 27.7. The highest BCUT2D eigenvalue weighted by atomic mass is 31.2. The second-order valence-corrected chi connectivity index (χ2v) is 31.3. The molecular formula is C90H117N6O24P. The molecule has 0 aromatic heterocycles. The van der Waals surface area contributed by atoms with Gasteiger partial charge in [-0.15, -0.1) is 0 Å². The average molecular weight is 1700 g/mol. The van der Waals surface area contributed by atoms with Crippen LogP contribution in [-0.4, -0.2) is 207 Å². The minimum atomic E-state index is -1.86. The molecule has 121 heavy (non-hydrogen) atoms. The molecule has 2 fully saturated rings. The number of ketones is 1. The third-order valence-corrected chi connectivity index (χ3v) is 22.6. The van der Waals surface area contributed by atoms with Gasteiger partial charge >= 0.3 is 24.0 Å². The summed E-state index contributed by atoms with van der Waals surface area (Å²) >= 11 is 0. The number of nitrogens with one attached hydrogen (secondary N) is 4. The lowest BCUT2D eigenvalue weighted by atomic mass is 9.79. The quantitative estimate of drug-likeness (QED) is 0.00906. The number of rotatable bonds is 48. The van der Waals surface area contributed by atoms with Gasteiger partial charge in [0.1, 0.15) is 65.1 Å². The Morgan fingerprint density at radius 3 is 1.31 bits per heavy atom. The molecule has 0 radical (unpaired) electrons. The van der Waals surface area contributed by atoms with Gasteiger partial charge in [0.25, 0.3) is 8.53 Å². The van der Waals surface area contributed by atoms with Gasteiger partial charge in [0.05, 0.1) is 99.1 Å². The van der Waals surface area contributed by atoms with Crippen molar-refractivity contribution < 1.29 is 114 Å². The Balaban J connectivity index is 0.862. The lowest BCUT2D eigenvalue weighted by molar-refractivity contribution is -0.264. The maximum Gasteiger partial charge on any atom is 0.407 e. The van der Waals surface area contributed by atoms with Crippen LogP contribution in [0.1, 0.15) is 148 Å². The van der Waals surface area contributed by atoms with Crippen LogP contribution in [-0.2, 0) is 101 Å². The minimum Gasteiger partial charge on any atom is -0.497 e. The van der Waals surface area contributed by atoms with E-state index in [1.165, 1.54) is 27.7 Å². The van der Waals surface area contributed by atoms with Crippen LogP contribution in [0, 0.1) is 23.2 Å². The highest BCUT2D eigenvalue weighted by molar-refractivity contribution is 7.44. The first kappa shape index (κ1) is 96.3. The lowest BCUT2D eigenvalue weighted by Gasteiger charge is -2.46. The summed E-state index contributed by atoms with van der Waals surface area (Å²) in [4.78, 5) is 105. The van der Waals surface area contributed by atoms with Crippen LogP contribution in [0.25, 0.3) is 0 Å². The highest BCUT2D eigenvalue weighted by Crippen LogP contribution is 2.48. The summed E-state index contributed by atoms with van der Waals surface area (Å²) in [6.45, 7) is 15.4. The second-order valence-electron chi connectivity index (χ2n) is 29.9. The molecule has 0 bridgehead atoms. The zero-order chi connectivity index (χ0) is 87.6. The molecule has 4 amide bonds. The number of benzene rings is 6. The van der Waals surface area contributed by atoms with E-state index in [1.807, 2.05) is 204 Å². The van der Waals surface area contributed by atoms with Crippen LogP contribution in [0.15, 0.2) is 158 Å². The van der Waals surface area contributed by atoms with E-state index in [1.54, 1.807) is 28.4 Å². The van der Waals surface area contributed by atoms with Crippen molar-refractivity contribution in [2.45, 2.75) is 193 Å². The Kier molecular flexibility index (Phi) is 38.6. The molecule has 6 aromatic rings. The normalized spacial score (nSPS) is 19.6. The summed E-state index contributed by atoms with van der Waals surface area (Å²) in [7, 11) is 4.49. The van der Waals surface area contributed by atoms with Gasteiger partial charge in [-0.3, -0.25) is 33.6 Å². The maximum atomic E-state index is 13.6. The Morgan fingerprint density at radius 1 is 0.504 bits per heavy atom. The number of carbonyl (C=O) groups excluding carboxylic acids is 8. The number of carbonyl (C=O) groups is 8. The first-order valence-electron chi connectivity index (χ1n) is 40.7. The molecule has 4 N–H and O–H groups in total. The number of nitrogens with zero attached hydrogens (tertiary/aromatic N) is 2. The van der Waals surface area contributed by atoms with E-state index in [4.69, 9.17) is 75.4 Å². The fourth-order valence-electron chi connectivity index (χ4n) is 14.6. The largest absolute Gasteiger partial charge is 0.497 e. The van der Waals surface area contributed by atoms with Crippen molar-refractivity contribution in [1.82, 2.24) is 25.9 Å². The average Bonchev–Trinajstić information content (AvgIpc) is 0.754. The fourth-order valence-corrected chi connectivity index (χ4v) is 16.2. The van der Waals surface area contributed by atoms with Gasteiger partial charge in [0, 0.05) is 77.6 Å².